The minimum absolute atomic E-state index is 0.122. The molecule has 8 heteroatoms. The molecule has 106 valence electrons. The van der Waals surface area contributed by atoms with E-state index in [1.807, 2.05) is 13.8 Å². The van der Waals surface area contributed by atoms with Crippen molar-refractivity contribution in [3.05, 3.63) is 34.4 Å². The van der Waals surface area contributed by atoms with Gasteiger partial charge in [-0.05, 0) is 5.92 Å². The highest BCUT2D eigenvalue weighted by atomic mass is 32.2. The summed E-state index contributed by atoms with van der Waals surface area (Å²) in [4.78, 5) is 30.0. The second-order valence-electron chi connectivity index (χ2n) is 4.35. The van der Waals surface area contributed by atoms with E-state index in [1.54, 1.807) is 6.07 Å². The number of hydrogen-bond acceptors (Lipinski definition) is 6. The second kappa shape index (κ2) is 6.38. The zero-order valence-electron chi connectivity index (χ0n) is 11.0. The molecule has 2 aromatic rings. The average molecular weight is 294 g/mol. The van der Waals surface area contributed by atoms with Crippen molar-refractivity contribution < 1.29 is 9.32 Å². The first kappa shape index (κ1) is 14.3. The van der Waals surface area contributed by atoms with Crippen LogP contribution < -0.4 is 10.9 Å². The number of hydrogen-bond donors (Lipinski definition) is 2. The number of carbonyl (C=O) groups is 1. The van der Waals surface area contributed by atoms with Crippen molar-refractivity contribution in [2.75, 3.05) is 11.1 Å². The van der Waals surface area contributed by atoms with Gasteiger partial charge in [0.2, 0.25) is 5.91 Å². The summed E-state index contributed by atoms with van der Waals surface area (Å²) in [5.74, 6) is 0.382. The van der Waals surface area contributed by atoms with Crippen molar-refractivity contribution in [1.82, 2.24) is 15.1 Å². The van der Waals surface area contributed by atoms with E-state index in [1.165, 1.54) is 12.3 Å². The molecule has 0 saturated heterocycles. The Bertz CT molecular complexity index is 636. The van der Waals surface area contributed by atoms with Crippen LogP contribution in [0.1, 0.15) is 25.5 Å². The van der Waals surface area contributed by atoms with Crippen LogP contribution in [0.3, 0.4) is 0 Å². The zero-order valence-corrected chi connectivity index (χ0v) is 11.9. The fraction of sp³-hybridized carbons (Fsp3) is 0.333. The summed E-state index contributed by atoms with van der Waals surface area (Å²) in [6.45, 7) is 3.90. The fourth-order valence-corrected chi connectivity index (χ4v) is 2.09. The largest absolute Gasteiger partial charge is 0.363 e. The van der Waals surface area contributed by atoms with Crippen LogP contribution in [0.4, 0.5) is 5.82 Å². The molecule has 7 nitrogen and oxygen atoms in total. The van der Waals surface area contributed by atoms with E-state index in [9.17, 15) is 9.59 Å². The SMILES string of the molecule is CC(C)c1cc(=O)[nH]c(SCC(=O)Nc2ccon2)n1. The standard InChI is InChI=1S/C12H14N4O3S/c1-7(2)8-5-10(17)15-12(13-8)20-6-11(18)14-9-3-4-19-16-9/h3-5,7H,6H2,1-2H3,(H,13,15,17)(H,14,16,18). The number of aromatic amines is 1. The van der Waals surface area contributed by atoms with Crippen LogP contribution in [0, 0.1) is 0 Å². The molecule has 2 aromatic heterocycles. The molecule has 2 N–H and O–H groups in total. The van der Waals surface area contributed by atoms with Crippen molar-refractivity contribution in [2.45, 2.75) is 24.9 Å². The normalized spacial score (nSPS) is 10.8. The third kappa shape index (κ3) is 3.95. The summed E-state index contributed by atoms with van der Waals surface area (Å²) >= 11 is 1.16. The third-order valence-electron chi connectivity index (χ3n) is 2.38. The lowest BCUT2D eigenvalue weighted by Gasteiger charge is -2.06. The van der Waals surface area contributed by atoms with Crippen LogP contribution in [0.15, 0.2) is 32.9 Å². The predicted molar refractivity (Wildman–Crippen MR) is 74.8 cm³/mol. The lowest BCUT2D eigenvalue weighted by Crippen LogP contribution is -2.16. The van der Waals surface area contributed by atoms with Crippen molar-refractivity contribution in [3.63, 3.8) is 0 Å². The number of anilines is 1. The summed E-state index contributed by atoms with van der Waals surface area (Å²) in [6.07, 6.45) is 1.37. The number of nitrogens with one attached hydrogen (secondary N) is 2. The highest BCUT2D eigenvalue weighted by molar-refractivity contribution is 7.99. The second-order valence-corrected chi connectivity index (χ2v) is 5.32. The number of nitrogens with zero attached hydrogens (tertiary/aromatic N) is 2. The topological polar surface area (TPSA) is 101 Å². The van der Waals surface area contributed by atoms with Crippen LogP contribution in [0.25, 0.3) is 0 Å². The third-order valence-corrected chi connectivity index (χ3v) is 3.25. The molecule has 20 heavy (non-hydrogen) atoms. The van der Waals surface area contributed by atoms with E-state index >= 15 is 0 Å². The molecular weight excluding hydrogens is 280 g/mol. The van der Waals surface area contributed by atoms with Gasteiger partial charge in [-0.3, -0.25) is 9.59 Å². The Balaban J connectivity index is 1.96. The Labute approximate surface area is 119 Å². The zero-order chi connectivity index (χ0) is 14.5. The molecule has 2 rings (SSSR count). The Morgan fingerprint density at radius 3 is 3.00 bits per heavy atom. The first-order chi connectivity index (χ1) is 9.54. The van der Waals surface area contributed by atoms with E-state index in [-0.39, 0.29) is 23.1 Å². The van der Waals surface area contributed by atoms with E-state index in [0.717, 1.165) is 11.8 Å². The Hall–Kier alpha value is -2.09. The van der Waals surface area contributed by atoms with Crippen LogP contribution in [0.5, 0.6) is 0 Å². The monoisotopic (exact) mass is 294 g/mol. The molecule has 0 saturated carbocycles. The average Bonchev–Trinajstić information content (AvgIpc) is 2.88. The maximum atomic E-state index is 11.7. The van der Waals surface area contributed by atoms with Crippen LogP contribution in [-0.4, -0.2) is 26.8 Å². The molecule has 0 unspecified atom stereocenters. The minimum atomic E-state index is -0.249. The summed E-state index contributed by atoms with van der Waals surface area (Å²) in [5.41, 5.74) is 0.483. The number of carbonyl (C=O) groups excluding carboxylic acids is 1. The molecule has 0 aromatic carbocycles. The number of aromatic nitrogens is 3. The quantitative estimate of drug-likeness (QED) is 0.642. The van der Waals surface area contributed by atoms with Gasteiger partial charge in [0.15, 0.2) is 11.0 Å². The summed E-state index contributed by atoms with van der Waals surface area (Å²) < 4.78 is 4.60. The molecule has 0 fully saturated rings. The lowest BCUT2D eigenvalue weighted by molar-refractivity contribution is -0.113. The van der Waals surface area contributed by atoms with E-state index in [2.05, 4.69) is 25.0 Å². The highest BCUT2D eigenvalue weighted by Gasteiger charge is 2.09. The molecule has 0 spiro atoms. The van der Waals surface area contributed by atoms with Gasteiger partial charge >= 0.3 is 0 Å². The maximum Gasteiger partial charge on any atom is 0.251 e. The number of H-pyrrole nitrogens is 1. The van der Waals surface area contributed by atoms with Gasteiger partial charge in [0, 0.05) is 12.1 Å². The van der Waals surface area contributed by atoms with Gasteiger partial charge < -0.3 is 14.8 Å². The van der Waals surface area contributed by atoms with Crippen LogP contribution in [0.2, 0.25) is 0 Å². The molecule has 0 aliphatic heterocycles. The fourth-order valence-electron chi connectivity index (χ4n) is 1.41. The van der Waals surface area contributed by atoms with E-state index in [4.69, 9.17) is 0 Å². The summed E-state index contributed by atoms with van der Waals surface area (Å²) in [7, 11) is 0. The number of amides is 1. The van der Waals surface area contributed by atoms with Gasteiger partial charge in [0.1, 0.15) is 6.26 Å². The first-order valence-corrected chi connectivity index (χ1v) is 6.97. The molecule has 0 bridgehead atoms. The molecular formula is C12H14N4O3S. The number of rotatable bonds is 5. The first-order valence-electron chi connectivity index (χ1n) is 5.99. The van der Waals surface area contributed by atoms with E-state index in [0.29, 0.717) is 16.7 Å². The summed E-state index contributed by atoms with van der Waals surface area (Å²) in [6, 6.07) is 3.01. The van der Waals surface area contributed by atoms with Crippen LogP contribution >= 0.6 is 11.8 Å². The molecule has 0 aliphatic rings. The molecule has 0 radical (unpaired) electrons. The minimum Gasteiger partial charge on any atom is -0.363 e. The van der Waals surface area contributed by atoms with Crippen molar-refractivity contribution >= 4 is 23.5 Å². The van der Waals surface area contributed by atoms with Crippen molar-refractivity contribution in [1.29, 1.82) is 0 Å². The Kier molecular flexibility index (Phi) is 4.57. The van der Waals surface area contributed by atoms with Gasteiger partial charge in [-0.2, -0.15) is 0 Å². The lowest BCUT2D eigenvalue weighted by atomic mass is 10.1. The molecule has 0 aliphatic carbocycles. The number of thioether (sulfide) groups is 1. The van der Waals surface area contributed by atoms with Gasteiger partial charge in [-0.15, -0.1) is 0 Å². The molecule has 0 atom stereocenters. The Morgan fingerprint density at radius 2 is 2.35 bits per heavy atom. The predicted octanol–water partition coefficient (Wildman–Crippen LogP) is 1.61. The van der Waals surface area contributed by atoms with Gasteiger partial charge in [-0.1, -0.05) is 30.8 Å². The molecule has 2 heterocycles. The van der Waals surface area contributed by atoms with Gasteiger partial charge in [0.05, 0.1) is 11.4 Å². The molecule has 1 amide bonds. The van der Waals surface area contributed by atoms with E-state index < -0.39 is 0 Å². The maximum absolute atomic E-state index is 11.7. The smallest absolute Gasteiger partial charge is 0.251 e. The summed E-state index contributed by atoms with van der Waals surface area (Å²) in [5, 5.41) is 6.56. The van der Waals surface area contributed by atoms with Crippen molar-refractivity contribution in [3.8, 4) is 0 Å². The highest BCUT2D eigenvalue weighted by Crippen LogP contribution is 2.15. The van der Waals surface area contributed by atoms with Crippen molar-refractivity contribution in [2.24, 2.45) is 0 Å². The Morgan fingerprint density at radius 1 is 1.55 bits per heavy atom. The van der Waals surface area contributed by atoms with Gasteiger partial charge in [-0.25, -0.2) is 4.98 Å². The van der Waals surface area contributed by atoms with Gasteiger partial charge in [0.25, 0.3) is 5.56 Å². The van der Waals surface area contributed by atoms with Crippen LogP contribution in [-0.2, 0) is 4.79 Å².